The molecule has 0 atom stereocenters. The number of para-hydroxylation sites is 2. The number of benzene rings is 1. The number of rotatable bonds is 4. The Morgan fingerprint density at radius 1 is 1.03 bits per heavy atom. The van der Waals surface area contributed by atoms with E-state index in [1.807, 2.05) is 63.6 Å². The van der Waals surface area contributed by atoms with Gasteiger partial charge < -0.3 is 19.4 Å². The monoisotopic (exact) mass is 457 g/mol. The lowest BCUT2D eigenvalue weighted by Gasteiger charge is -2.23. The van der Waals surface area contributed by atoms with Gasteiger partial charge in [0.1, 0.15) is 22.9 Å². The van der Waals surface area contributed by atoms with Gasteiger partial charge in [0.15, 0.2) is 5.82 Å². The van der Waals surface area contributed by atoms with E-state index in [1.54, 1.807) is 17.5 Å². The predicted molar refractivity (Wildman–Crippen MR) is 130 cm³/mol. The van der Waals surface area contributed by atoms with Crippen LogP contribution in [0.3, 0.4) is 0 Å². The summed E-state index contributed by atoms with van der Waals surface area (Å²) in [5, 5.41) is 2.15. The third-order valence-corrected chi connectivity index (χ3v) is 7.01. The van der Waals surface area contributed by atoms with Crippen molar-refractivity contribution in [3.05, 3.63) is 60.4 Å². The molecule has 9 heteroatoms. The number of carbonyl (C=O) groups is 1. The number of imidazole rings is 1. The SMILES string of the molecule is O=C(Cn1ccc2cccnc21)N1CCCN(c2scnc2-c2nc3ccccc3[nH]2)CC1. The number of H-pyrrole nitrogens is 1. The molecule has 33 heavy (non-hydrogen) atoms. The Morgan fingerprint density at radius 2 is 1.97 bits per heavy atom. The number of carbonyl (C=O) groups excluding carboxylic acids is 1. The predicted octanol–water partition coefficient (Wildman–Crippen LogP) is 3.78. The summed E-state index contributed by atoms with van der Waals surface area (Å²) in [6.45, 7) is 3.40. The summed E-state index contributed by atoms with van der Waals surface area (Å²) in [6.07, 6.45) is 4.62. The van der Waals surface area contributed by atoms with Crippen LogP contribution in [0, 0.1) is 0 Å². The van der Waals surface area contributed by atoms with Crippen molar-refractivity contribution in [3.8, 4) is 11.5 Å². The molecule has 1 fully saturated rings. The highest BCUT2D eigenvalue weighted by molar-refractivity contribution is 7.14. The van der Waals surface area contributed by atoms with Gasteiger partial charge in [-0.15, -0.1) is 11.3 Å². The second-order valence-corrected chi connectivity index (χ2v) is 9.02. The number of hydrogen-bond donors (Lipinski definition) is 1. The van der Waals surface area contributed by atoms with E-state index in [0.717, 1.165) is 64.6 Å². The van der Waals surface area contributed by atoms with Gasteiger partial charge in [-0.3, -0.25) is 4.79 Å². The average molecular weight is 458 g/mol. The Balaban J connectivity index is 1.18. The molecule has 5 heterocycles. The molecular formula is C24H23N7OS. The van der Waals surface area contributed by atoms with Gasteiger partial charge in [-0.1, -0.05) is 12.1 Å². The van der Waals surface area contributed by atoms with Crippen molar-refractivity contribution in [2.45, 2.75) is 13.0 Å². The number of fused-ring (bicyclic) bond motifs is 2. The minimum absolute atomic E-state index is 0.127. The van der Waals surface area contributed by atoms with Crippen LogP contribution in [-0.2, 0) is 11.3 Å². The standard InChI is InChI=1S/C24H23N7OS/c32-20(15-31-12-8-17-5-3-9-25-23(17)31)29-10-4-11-30(14-13-29)24-21(26-16-33-24)22-27-18-6-1-2-7-19(18)28-22/h1-3,5-9,12,16H,4,10-11,13-15H2,(H,27,28). The van der Waals surface area contributed by atoms with E-state index in [-0.39, 0.29) is 5.91 Å². The van der Waals surface area contributed by atoms with Gasteiger partial charge in [-0.25, -0.2) is 15.0 Å². The molecule has 8 nitrogen and oxygen atoms in total. The summed E-state index contributed by atoms with van der Waals surface area (Å²) in [6, 6.07) is 13.9. The van der Waals surface area contributed by atoms with Gasteiger partial charge in [0, 0.05) is 44.0 Å². The summed E-state index contributed by atoms with van der Waals surface area (Å²) >= 11 is 1.62. The van der Waals surface area contributed by atoms with Crippen LogP contribution in [0.4, 0.5) is 5.00 Å². The molecule has 0 unspecified atom stereocenters. The zero-order valence-corrected chi connectivity index (χ0v) is 18.8. The van der Waals surface area contributed by atoms with Gasteiger partial charge in [0.2, 0.25) is 5.91 Å². The van der Waals surface area contributed by atoms with Gasteiger partial charge in [0.05, 0.1) is 16.5 Å². The first kappa shape index (κ1) is 19.9. The van der Waals surface area contributed by atoms with Crippen LogP contribution in [0.15, 0.2) is 60.4 Å². The van der Waals surface area contributed by atoms with Crippen LogP contribution in [0.25, 0.3) is 33.6 Å². The van der Waals surface area contributed by atoms with Crippen molar-refractivity contribution >= 4 is 44.3 Å². The largest absolute Gasteiger partial charge is 0.360 e. The van der Waals surface area contributed by atoms with Crippen molar-refractivity contribution in [2.24, 2.45) is 0 Å². The third kappa shape index (κ3) is 3.74. The van der Waals surface area contributed by atoms with E-state index in [0.29, 0.717) is 13.1 Å². The maximum Gasteiger partial charge on any atom is 0.242 e. The number of thiazole rings is 1. The molecule has 6 rings (SSSR count). The molecule has 1 N–H and O–H groups in total. The van der Waals surface area contributed by atoms with Crippen LogP contribution >= 0.6 is 11.3 Å². The quantitative estimate of drug-likeness (QED) is 0.444. The van der Waals surface area contributed by atoms with Crippen LogP contribution < -0.4 is 4.90 Å². The Labute approximate surface area is 194 Å². The fraction of sp³-hybridized carbons (Fsp3) is 0.250. The fourth-order valence-corrected chi connectivity index (χ4v) is 5.31. The normalized spacial score (nSPS) is 14.8. The fourth-order valence-electron chi connectivity index (χ4n) is 4.46. The van der Waals surface area contributed by atoms with Crippen molar-refractivity contribution in [2.75, 3.05) is 31.1 Å². The average Bonchev–Trinajstić information content (AvgIpc) is 3.54. The molecule has 166 valence electrons. The number of pyridine rings is 1. The highest BCUT2D eigenvalue weighted by Crippen LogP contribution is 2.33. The van der Waals surface area contributed by atoms with Gasteiger partial charge >= 0.3 is 0 Å². The van der Waals surface area contributed by atoms with Crippen LogP contribution in [0.5, 0.6) is 0 Å². The smallest absolute Gasteiger partial charge is 0.242 e. The molecule has 1 aliphatic rings. The van der Waals surface area contributed by atoms with Gasteiger partial charge in [0.25, 0.3) is 0 Å². The molecule has 1 aromatic carbocycles. The lowest BCUT2D eigenvalue weighted by molar-refractivity contribution is -0.131. The van der Waals surface area contributed by atoms with E-state index < -0.39 is 0 Å². The lowest BCUT2D eigenvalue weighted by atomic mass is 10.3. The summed E-state index contributed by atoms with van der Waals surface area (Å²) in [7, 11) is 0. The lowest BCUT2D eigenvalue weighted by Crippen LogP contribution is -2.37. The van der Waals surface area contributed by atoms with Crippen LogP contribution in [0.1, 0.15) is 6.42 Å². The minimum atomic E-state index is 0.127. The van der Waals surface area contributed by atoms with E-state index in [2.05, 4.69) is 19.9 Å². The maximum absolute atomic E-state index is 13.1. The van der Waals surface area contributed by atoms with Crippen molar-refractivity contribution in [3.63, 3.8) is 0 Å². The highest BCUT2D eigenvalue weighted by Gasteiger charge is 2.24. The van der Waals surface area contributed by atoms with E-state index in [4.69, 9.17) is 4.98 Å². The number of nitrogens with one attached hydrogen (secondary N) is 1. The van der Waals surface area contributed by atoms with E-state index >= 15 is 0 Å². The number of aromatic amines is 1. The van der Waals surface area contributed by atoms with E-state index in [1.165, 1.54) is 0 Å². The van der Waals surface area contributed by atoms with Crippen molar-refractivity contribution < 1.29 is 4.79 Å². The zero-order chi connectivity index (χ0) is 22.2. The molecule has 1 aliphatic heterocycles. The second kappa shape index (κ2) is 8.32. The Hall–Kier alpha value is -3.72. The molecule has 0 radical (unpaired) electrons. The zero-order valence-electron chi connectivity index (χ0n) is 18.0. The van der Waals surface area contributed by atoms with Crippen LogP contribution in [0.2, 0.25) is 0 Å². The number of anilines is 1. The Morgan fingerprint density at radius 3 is 2.91 bits per heavy atom. The van der Waals surface area contributed by atoms with E-state index in [9.17, 15) is 4.79 Å². The third-order valence-electron chi connectivity index (χ3n) is 6.13. The maximum atomic E-state index is 13.1. The van der Waals surface area contributed by atoms with Crippen molar-refractivity contribution in [1.82, 2.24) is 29.4 Å². The Bertz CT molecular complexity index is 1400. The molecular weight excluding hydrogens is 434 g/mol. The molecule has 1 amide bonds. The summed E-state index contributed by atoms with van der Waals surface area (Å²) in [4.78, 5) is 34.5. The molecule has 1 saturated heterocycles. The van der Waals surface area contributed by atoms with Crippen LogP contribution in [-0.4, -0.2) is 61.5 Å². The Kier molecular flexibility index (Phi) is 5.03. The minimum Gasteiger partial charge on any atom is -0.360 e. The summed E-state index contributed by atoms with van der Waals surface area (Å²) < 4.78 is 1.93. The number of amides is 1. The summed E-state index contributed by atoms with van der Waals surface area (Å²) in [5.74, 6) is 0.915. The molecule has 4 aromatic heterocycles. The molecule has 0 saturated carbocycles. The van der Waals surface area contributed by atoms with Gasteiger partial charge in [-0.05, 0) is 36.8 Å². The number of hydrogen-bond acceptors (Lipinski definition) is 6. The number of aromatic nitrogens is 5. The van der Waals surface area contributed by atoms with Crippen molar-refractivity contribution in [1.29, 1.82) is 0 Å². The molecule has 0 bridgehead atoms. The first-order valence-corrected chi connectivity index (χ1v) is 12.0. The first-order chi connectivity index (χ1) is 16.3. The highest BCUT2D eigenvalue weighted by atomic mass is 32.1. The molecule has 0 spiro atoms. The molecule has 0 aliphatic carbocycles. The summed E-state index contributed by atoms with van der Waals surface area (Å²) in [5.41, 5.74) is 5.54. The second-order valence-electron chi connectivity index (χ2n) is 8.19. The van der Waals surface area contributed by atoms with Gasteiger partial charge in [-0.2, -0.15) is 0 Å². The first-order valence-electron chi connectivity index (χ1n) is 11.1. The molecule has 5 aromatic rings. The topological polar surface area (TPSA) is 82.9 Å². The number of nitrogens with zero attached hydrogens (tertiary/aromatic N) is 6.